The maximum absolute atomic E-state index is 6.01. The van der Waals surface area contributed by atoms with Crippen LogP contribution in [0.2, 0.25) is 5.02 Å². The summed E-state index contributed by atoms with van der Waals surface area (Å²) in [6.07, 6.45) is 3.62. The van der Waals surface area contributed by atoms with Gasteiger partial charge in [-0.05, 0) is 31.2 Å². The van der Waals surface area contributed by atoms with Gasteiger partial charge in [0.05, 0.1) is 17.2 Å². The van der Waals surface area contributed by atoms with Crippen molar-refractivity contribution >= 4 is 40.2 Å². The minimum absolute atomic E-state index is 0.673. The molecule has 134 valence electrons. The second-order valence-electron chi connectivity index (χ2n) is 6.10. The minimum atomic E-state index is 0.673. The molecule has 8 heteroatoms. The molecule has 26 heavy (non-hydrogen) atoms. The highest BCUT2D eigenvalue weighted by Crippen LogP contribution is 2.21. The smallest absolute Gasteiger partial charge is 0.224 e. The summed E-state index contributed by atoms with van der Waals surface area (Å²) < 4.78 is 0. The SMILES string of the molecule is CCNc1nccc(N2CCN(c3cnc4cc(Cl)ccc4n3)CC2)n1. The fraction of sp³-hybridized carbons (Fsp3) is 0.333. The van der Waals surface area contributed by atoms with E-state index in [0.29, 0.717) is 11.0 Å². The van der Waals surface area contributed by atoms with Gasteiger partial charge in [-0.15, -0.1) is 0 Å². The molecule has 1 aliphatic heterocycles. The van der Waals surface area contributed by atoms with Crippen molar-refractivity contribution in [3.63, 3.8) is 0 Å². The Morgan fingerprint density at radius 2 is 1.73 bits per heavy atom. The molecule has 1 saturated heterocycles. The van der Waals surface area contributed by atoms with Crippen LogP contribution in [-0.2, 0) is 0 Å². The molecule has 4 rings (SSSR count). The average molecular weight is 370 g/mol. The van der Waals surface area contributed by atoms with Crippen molar-refractivity contribution in [2.24, 2.45) is 0 Å². The lowest BCUT2D eigenvalue weighted by Crippen LogP contribution is -2.47. The van der Waals surface area contributed by atoms with E-state index in [9.17, 15) is 0 Å². The number of piperazine rings is 1. The van der Waals surface area contributed by atoms with Crippen molar-refractivity contribution < 1.29 is 0 Å². The van der Waals surface area contributed by atoms with Crippen molar-refractivity contribution in [2.75, 3.05) is 47.8 Å². The molecule has 7 nitrogen and oxygen atoms in total. The van der Waals surface area contributed by atoms with Gasteiger partial charge in [-0.1, -0.05) is 11.6 Å². The first kappa shape index (κ1) is 16.8. The van der Waals surface area contributed by atoms with Crippen molar-refractivity contribution in [3.8, 4) is 0 Å². The number of hydrogen-bond acceptors (Lipinski definition) is 7. The topological polar surface area (TPSA) is 70.1 Å². The third-order valence-electron chi connectivity index (χ3n) is 4.39. The van der Waals surface area contributed by atoms with Crippen LogP contribution in [0.15, 0.2) is 36.7 Å². The van der Waals surface area contributed by atoms with Crippen LogP contribution in [0.5, 0.6) is 0 Å². The summed E-state index contributed by atoms with van der Waals surface area (Å²) in [6.45, 7) is 6.34. The average Bonchev–Trinajstić information content (AvgIpc) is 2.68. The van der Waals surface area contributed by atoms with Crippen LogP contribution in [0.1, 0.15) is 6.92 Å². The van der Waals surface area contributed by atoms with E-state index in [1.807, 2.05) is 37.4 Å². The van der Waals surface area contributed by atoms with Crippen LogP contribution in [-0.4, -0.2) is 52.7 Å². The molecule has 1 fully saturated rings. The molecular weight excluding hydrogens is 350 g/mol. The normalized spacial score (nSPS) is 14.7. The van der Waals surface area contributed by atoms with E-state index < -0.39 is 0 Å². The zero-order valence-electron chi connectivity index (χ0n) is 14.6. The number of aromatic nitrogens is 4. The van der Waals surface area contributed by atoms with E-state index in [1.54, 1.807) is 6.20 Å². The fourth-order valence-corrected chi connectivity index (χ4v) is 3.23. The monoisotopic (exact) mass is 369 g/mol. The lowest BCUT2D eigenvalue weighted by atomic mass is 10.3. The van der Waals surface area contributed by atoms with Gasteiger partial charge in [0, 0.05) is 43.9 Å². The van der Waals surface area contributed by atoms with Gasteiger partial charge in [-0.2, -0.15) is 4.98 Å². The van der Waals surface area contributed by atoms with E-state index >= 15 is 0 Å². The number of hydrogen-bond donors (Lipinski definition) is 1. The fourth-order valence-electron chi connectivity index (χ4n) is 3.06. The third kappa shape index (κ3) is 3.48. The van der Waals surface area contributed by atoms with Crippen LogP contribution < -0.4 is 15.1 Å². The molecule has 1 aromatic carbocycles. The maximum atomic E-state index is 6.01. The first-order chi connectivity index (χ1) is 12.7. The first-order valence-corrected chi connectivity index (χ1v) is 9.10. The number of benzene rings is 1. The predicted octanol–water partition coefficient (Wildman–Crippen LogP) is 2.83. The van der Waals surface area contributed by atoms with E-state index in [2.05, 4.69) is 30.1 Å². The number of rotatable bonds is 4. The standard InChI is InChI=1S/C18H20ClN7/c1-2-20-18-21-6-5-16(24-18)25-7-9-26(10-8-25)17-12-22-15-11-13(19)3-4-14(15)23-17/h3-6,11-12H,2,7-10H2,1H3,(H,20,21,24). The Morgan fingerprint density at radius 3 is 2.50 bits per heavy atom. The first-order valence-electron chi connectivity index (χ1n) is 8.72. The maximum Gasteiger partial charge on any atom is 0.224 e. The Balaban J connectivity index is 1.46. The predicted molar refractivity (Wildman–Crippen MR) is 105 cm³/mol. The molecule has 3 aromatic rings. The quantitative estimate of drug-likeness (QED) is 0.758. The van der Waals surface area contributed by atoms with Crippen LogP contribution in [0.25, 0.3) is 11.0 Å². The summed E-state index contributed by atoms with van der Waals surface area (Å²) in [6, 6.07) is 7.55. The van der Waals surface area contributed by atoms with Gasteiger partial charge in [0.1, 0.15) is 11.6 Å². The molecule has 1 N–H and O–H groups in total. The number of halogens is 1. The molecule has 3 heterocycles. The van der Waals surface area contributed by atoms with Crippen LogP contribution in [0.3, 0.4) is 0 Å². The van der Waals surface area contributed by atoms with Crippen molar-refractivity contribution in [2.45, 2.75) is 6.92 Å². The van der Waals surface area contributed by atoms with E-state index in [4.69, 9.17) is 16.6 Å². The Kier molecular flexibility index (Phi) is 4.71. The molecule has 0 atom stereocenters. The zero-order valence-corrected chi connectivity index (χ0v) is 15.3. The third-order valence-corrected chi connectivity index (χ3v) is 4.63. The highest BCUT2D eigenvalue weighted by molar-refractivity contribution is 6.31. The number of nitrogens with zero attached hydrogens (tertiary/aromatic N) is 6. The number of fused-ring (bicyclic) bond motifs is 1. The van der Waals surface area contributed by atoms with Gasteiger partial charge in [0.15, 0.2) is 0 Å². The molecule has 1 aliphatic rings. The lowest BCUT2D eigenvalue weighted by Gasteiger charge is -2.36. The highest BCUT2D eigenvalue weighted by atomic mass is 35.5. The second kappa shape index (κ2) is 7.29. The largest absolute Gasteiger partial charge is 0.354 e. The summed E-state index contributed by atoms with van der Waals surface area (Å²) in [7, 11) is 0. The molecule has 0 amide bonds. The zero-order chi connectivity index (χ0) is 17.9. The summed E-state index contributed by atoms with van der Waals surface area (Å²) in [4.78, 5) is 22.6. The van der Waals surface area contributed by atoms with Gasteiger partial charge >= 0.3 is 0 Å². The molecule has 0 aliphatic carbocycles. The molecular formula is C18H20ClN7. The lowest BCUT2D eigenvalue weighted by molar-refractivity contribution is 0.641. The van der Waals surface area contributed by atoms with Gasteiger partial charge in [0.25, 0.3) is 0 Å². The molecule has 0 bridgehead atoms. The summed E-state index contributed by atoms with van der Waals surface area (Å²) in [5.74, 6) is 2.52. The van der Waals surface area contributed by atoms with Gasteiger partial charge in [-0.25, -0.2) is 9.97 Å². The highest BCUT2D eigenvalue weighted by Gasteiger charge is 2.20. The Bertz CT molecular complexity index is 909. The van der Waals surface area contributed by atoms with E-state index in [-0.39, 0.29) is 0 Å². The Labute approximate surface area is 157 Å². The van der Waals surface area contributed by atoms with Gasteiger partial charge in [-0.3, -0.25) is 4.98 Å². The molecule has 0 spiro atoms. The molecule has 0 saturated carbocycles. The summed E-state index contributed by atoms with van der Waals surface area (Å²) in [5.41, 5.74) is 1.68. The Hall–Kier alpha value is -2.67. The van der Waals surface area contributed by atoms with E-state index in [1.165, 1.54) is 0 Å². The summed E-state index contributed by atoms with van der Waals surface area (Å²) in [5, 5.41) is 3.83. The summed E-state index contributed by atoms with van der Waals surface area (Å²) >= 11 is 6.01. The van der Waals surface area contributed by atoms with Crippen LogP contribution in [0, 0.1) is 0 Å². The van der Waals surface area contributed by atoms with Crippen molar-refractivity contribution in [1.82, 2.24) is 19.9 Å². The van der Waals surface area contributed by atoms with E-state index in [0.717, 1.165) is 55.4 Å². The van der Waals surface area contributed by atoms with Gasteiger partial charge in [0.2, 0.25) is 5.95 Å². The second-order valence-corrected chi connectivity index (χ2v) is 6.54. The van der Waals surface area contributed by atoms with Crippen LogP contribution in [0.4, 0.5) is 17.6 Å². The van der Waals surface area contributed by atoms with Crippen molar-refractivity contribution in [3.05, 3.63) is 41.7 Å². The van der Waals surface area contributed by atoms with Crippen molar-refractivity contribution in [1.29, 1.82) is 0 Å². The minimum Gasteiger partial charge on any atom is -0.354 e. The van der Waals surface area contributed by atoms with Gasteiger partial charge < -0.3 is 15.1 Å². The Morgan fingerprint density at radius 1 is 0.962 bits per heavy atom. The molecule has 2 aromatic heterocycles. The molecule has 0 radical (unpaired) electrons. The molecule has 0 unspecified atom stereocenters. The number of nitrogens with one attached hydrogen (secondary N) is 1. The number of anilines is 3. The van der Waals surface area contributed by atoms with Crippen LogP contribution >= 0.6 is 11.6 Å².